The zero-order chi connectivity index (χ0) is 9.73. The Labute approximate surface area is 75.5 Å². The lowest BCUT2D eigenvalue weighted by molar-refractivity contribution is 0.311. The van der Waals surface area contributed by atoms with Crippen LogP contribution in [0.15, 0.2) is 18.6 Å². The van der Waals surface area contributed by atoms with E-state index < -0.39 is 7.60 Å². The molecule has 72 valence electrons. The van der Waals surface area contributed by atoms with Gasteiger partial charge in [-0.1, -0.05) is 6.92 Å². The second-order valence-corrected chi connectivity index (χ2v) is 4.33. The number of aromatic nitrogens is 2. The molecule has 0 saturated carbocycles. The van der Waals surface area contributed by atoms with Gasteiger partial charge in [-0.15, -0.1) is 0 Å². The fraction of sp³-hybridized carbons (Fsp3) is 0.333. The molecule has 1 rings (SSSR count). The first-order valence-corrected chi connectivity index (χ1v) is 5.43. The molecule has 1 aromatic heterocycles. The first-order valence-electron chi connectivity index (χ1n) is 3.66. The van der Waals surface area contributed by atoms with Crippen molar-refractivity contribution in [3.05, 3.63) is 18.6 Å². The van der Waals surface area contributed by atoms with Gasteiger partial charge in [-0.2, -0.15) is 4.62 Å². The summed E-state index contributed by atoms with van der Waals surface area (Å²) in [5.41, 5.74) is 2.25. The Hall–Kier alpha value is -0.970. The highest BCUT2D eigenvalue weighted by Crippen LogP contribution is 2.40. The van der Waals surface area contributed by atoms with Gasteiger partial charge in [0.25, 0.3) is 0 Å². The number of hydrogen-bond acceptors (Lipinski definition) is 5. The fourth-order valence-electron chi connectivity index (χ4n) is 0.534. The van der Waals surface area contributed by atoms with Gasteiger partial charge in [0, 0.05) is 18.6 Å². The molecule has 6 nitrogen and oxygen atoms in total. The Balaban J connectivity index is 2.49. The van der Waals surface area contributed by atoms with Crippen molar-refractivity contribution in [2.45, 2.75) is 6.92 Å². The van der Waals surface area contributed by atoms with E-state index >= 15 is 0 Å². The third-order valence-corrected chi connectivity index (χ3v) is 2.43. The highest BCUT2D eigenvalue weighted by Gasteiger charge is 2.16. The lowest BCUT2D eigenvalue weighted by atomic mass is 10.7. The van der Waals surface area contributed by atoms with Crippen molar-refractivity contribution in [1.82, 2.24) is 9.97 Å². The maximum Gasteiger partial charge on any atom is 0.348 e. The largest absolute Gasteiger partial charge is 0.348 e. The molecule has 7 heteroatoms. The van der Waals surface area contributed by atoms with Crippen LogP contribution < -0.4 is 5.48 Å². The first-order chi connectivity index (χ1) is 6.14. The first kappa shape index (κ1) is 10.1. The third-order valence-electron chi connectivity index (χ3n) is 1.26. The number of hydrogen-bond donors (Lipinski definition) is 2. The summed E-state index contributed by atoms with van der Waals surface area (Å²) in [5.74, 6) is 0.297. The predicted molar refractivity (Wildman–Crippen MR) is 47.1 cm³/mol. The summed E-state index contributed by atoms with van der Waals surface area (Å²) in [4.78, 5) is 16.5. The number of nitrogens with zero attached hydrogens (tertiary/aromatic N) is 2. The van der Waals surface area contributed by atoms with E-state index in [-0.39, 0.29) is 6.16 Å². The standard InChI is InChI=1S/C6H10N3O3P/c1-2-13(10,11)12-9-6-5-7-3-4-8-6/h3-5H,2H2,1H3,(H,8,9)(H,10,11). The lowest BCUT2D eigenvalue weighted by Gasteiger charge is -2.09. The van der Waals surface area contributed by atoms with Gasteiger partial charge in [0.1, 0.15) is 0 Å². The third kappa shape index (κ3) is 3.50. The number of anilines is 1. The van der Waals surface area contributed by atoms with E-state index in [1.54, 1.807) is 6.92 Å². The molecule has 2 N–H and O–H groups in total. The van der Waals surface area contributed by atoms with Crippen LogP contribution >= 0.6 is 7.60 Å². The van der Waals surface area contributed by atoms with Crippen molar-refractivity contribution in [3.8, 4) is 0 Å². The van der Waals surface area contributed by atoms with Crippen molar-refractivity contribution in [2.24, 2.45) is 0 Å². The maximum atomic E-state index is 11.0. The average molecular weight is 203 g/mol. The monoisotopic (exact) mass is 203 g/mol. The van der Waals surface area contributed by atoms with Crippen LogP contribution in [0.5, 0.6) is 0 Å². The molecule has 0 spiro atoms. The van der Waals surface area contributed by atoms with Gasteiger partial charge >= 0.3 is 7.60 Å². The summed E-state index contributed by atoms with van der Waals surface area (Å²) in [5, 5.41) is 0. The smallest absolute Gasteiger partial charge is 0.323 e. The van der Waals surface area contributed by atoms with E-state index in [4.69, 9.17) is 4.89 Å². The van der Waals surface area contributed by atoms with Crippen molar-refractivity contribution in [1.29, 1.82) is 0 Å². The topological polar surface area (TPSA) is 84.3 Å². The highest BCUT2D eigenvalue weighted by atomic mass is 31.2. The molecule has 1 aromatic rings. The van der Waals surface area contributed by atoms with Crippen LogP contribution in [0, 0.1) is 0 Å². The minimum absolute atomic E-state index is 0.0419. The predicted octanol–water partition coefficient (Wildman–Crippen LogP) is 1.03. The summed E-state index contributed by atoms with van der Waals surface area (Å²) < 4.78 is 15.5. The molecule has 0 aliphatic heterocycles. The van der Waals surface area contributed by atoms with Crippen LogP contribution in [0.4, 0.5) is 5.82 Å². The van der Waals surface area contributed by atoms with Crippen LogP contribution in [0.3, 0.4) is 0 Å². The molecule has 0 aliphatic carbocycles. The molecule has 1 atom stereocenters. The van der Waals surface area contributed by atoms with Crippen molar-refractivity contribution >= 4 is 13.4 Å². The maximum absolute atomic E-state index is 11.0. The molecular weight excluding hydrogens is 193 g/mol. The summed E-state index contributed by atoms with van der Waals surface area (Å²) in [7, 11) is -3.52. The quantitative estimate of drug-likeness (QED) is 0.561. The molecule has 0 bridgehead atoms. The van der Waals surface area contributed by atoms with Gasteiger partial charge in [-0.25, -0.2) is 10.5 Å². The number of rotatable bonds is 4. The minimum Gasteiger partial charge on any atom is -0.323 e. The molecule has 0 aromatic carbocycles. The Morgan fingerprint density at radius 1 is 1.69 bits per heavy atom. The Morgan fingerprint density at radius 2 is 2.46 bits per heavy atom. The van der Waals surface area contributed by atoms with Gasteiger partial charge in [0.15, 0.2) is 5.82 Å². The zero-order valence-electron chi connectivity index (χ0n) is 7.04. The molecule has 0 aliphatic rings. The minimum atomic E-state index is -3.52. The second-order valence-electron chi connectivity index (χ2n) is 2.24. The van der Waals surface area contributed by atoms with Gasteiger partial charge in [-0.05, 0) is 0 Å². The van der Waals surface area contributed by atoms with Crippen molar-refractivity contribution in [2.75, 3.05) is 11.6 Å². The summed E-state index contributed by atoms with van der Waals surface area (Å²) >= 11 is 0. The van der Waals surface area contributed by atoms with E-state index in [2.05, 4.69) is 20.1 Å². The van der Waals surface area contributed by atoms with E-state index in [1.807, 2.05) is 0 Å². The second kappa shape index (κ2) is 4.32. The Bertz CT molecular complexity index is 305. The molecule has 1 unspecified atom stereocenters. The van der Waals surface area contributed by atoms with Crippen molar-refractivity contribution < 1.29 is 14.1 Å². The van der Waals surface area contributed by atoms with Crippen LogP contribution in [-0.4, -0.2) is 21.0 Å². The molecule has 0 saturated heterocycles. The molecule has 0 amide bonds. The normalized spacial score (nSPS) is 14.9. The molecule has 1 heterocycles. The van der Waals surface area contributed by atoms with E-state index in [9.17, 15) is 4.57 Å². The molecule has 0 radical (unpaired) electrons. The zero-order valence-corrected chi connectivity index (χ0v) is 7.94. The van der Waals surface area contributed by atoms with Crippen LogP contribution in [0.25, 0.3) is 0 Å². The summed E-state index contributed by atoms with van der Waals surface area (Å²) in [6, 6.07) is 0. The van der Waals surface area contributed by atoms with E-state index in [1.165, 1.54) is 18.6 Å². The van der Waals surface area contributed by atoms with Gasteiger partial charge in [-0.3, -0.25) is 9.55 Å². The highest BCUT2D eigenvalue weighted by molar-refractivity contribution is 7.52. The van der Waals surface area contributed by atoms with Gasteiger partial charge < -0.3 is 4.89 Å². The Kier molecular flexibility index (Phi) is 3.36. The lowest BCUT2D eigenvalue weighted by Crippen LogP contribution is -2.02. The van der Waals surface area contributed by atoms with Crippen molar-refractivity contribution in [3.63, 3.8) is 0 Å². The van der Waals surface area contributed by atoms with Crippen LogP contribution in [0.2, 0.25) is 0 Å². The van der Waals surface area contributed by atoms with Gasteiger partial charge in [0.2, 0.25) is 0 Å². The van der Waals surface area contributed by atoms with E-state index in [0.29, 0.717) is 5.82 Å². The van der Waals surface area contributed by atoms with E-state index in [0.717, 1.165) is 0 Å². The molecule has 0 fully saturated rings. The van der Waals surface area contributed by atoms with Crippen LogP contribution in [0.1, 0.15) is 6.92 Å². The van der Waals surface area contributed by atoms with Crippen LogP contribution in [-0.2, 0) is 9.19 Å². The molecule has 13 heavy (non-hydrogen) atoms. The summed E-state index contributed by atoms with van der Waals surface area (Å²) in [6.07, 6.45) is 4.36. The van der Waals surface area contributed by atoms with Gasteiger partial charge in [0.05, 0.1) is 6.20 Å². The summed E-state index contributed by atoms with van der Waals surface area (Å²) in [6.45, 7) is 1.55. The average Bonchev–Trinajstić information content (AvgIpc) is 2.17. The Morgan fingerprint density at radius 3 is 3.00 bits per heavy atom. The molecular formula is C6H10N3O3P. The SMILES string of the molecule is CCP(=O)(O)ONc1cnccn1. The fourth-order valence-corrected chi connectivity index (χ4v) is 0.900. The number of nitrogens with one attached hydrogen (secondary N) is 1.